The first kappa shape index (κ1) is 20.5. The summed E-state index contributed by atoms with van der Waals surface area (Å²) >= 11 is 0. The maximum Gasteiger partial charge on any atom is 0.248 e. The van der Waals surface area contributed by atoms with E-state index >= 15 is 0 Å². The summed E-state index contributed by atoms with van der Waals surface area (Å²) in [5, 5.41) is 11.6. The van der Waals surface area contributed by atoms with Crippen LogP contribution in [-0.4, -0.2) is 16.3 Å². The maximum atomic E-state index is 10.4. The van der Waals surface area contributed by atoms with Gasteiger partial charge < -0.3 is 15.4 Å². The number of aromatic nitrogens is 1. The number of aliphatic hydroxyl groups excluding tert-OH is 1. The first-order valence-corrected chi connectivity index (χ1v) is 7.02. The molecule has 2 heterocycles. The third kappa shape index (κ3) is 11.3. The molecule has 1 aromatic rings. The van der Waals surface area contributed by atoms with E-state index < -0.39 is 6.23 Å². The Morgan fingerprint density at radius 1 is 1.15 bits per heavy atom. The lowest BCUT2D eigenvalue weighted by molar-refractivity contribution is 0.200. The van der Waals surface area contributed by atoms with Crippen LogP contribution in [0.3, 0.4) is 0 Å². The topological polar surface area (TPSA) is 65.1 Å². The van der Waals surface area contributed by atoms with Gasteiger partial charge >= 0.3 is 0 Å². The standard InChI is InChI=1S/C6H9NO.C6H7NO.2C2H6/c2*1-5-2-3-7-6(8)4-5;2*1-2/h2-4,6-8H,1H3;2-4H,1H3,(H,7,8);2*1-2H3. The summed E-state index contributed by atoms with van der Waals surface area (Å²) in [5.41, 5.74) is 2.05. The average molecular weight is 280 g/mol. The molecule has 0 saturated heterocycles. The zero-order valence-electron chi connectivity index (χ0n) is 13.4. The van der Waals surface area contributed by atoms with Gasteiger partial charge in [-0.1, -0.05) is 27.7 Å². The Kier molecular flexibility index (Phi) is 14.0. The zero-order valence-corrected chi connectivity index (χ0v) is 13.4. The molecule has 20 heavy (non-hydrogen) atoms. The van der Waals surface area contributed by atoms with Gasteiger partial charge in [-0.3, -0.25) is 4.79 Å². The molecule has 0 fully saturated rings. The molecule has 0 amide bonds. The minimum atomic E-state index is -0.486. The number of aromatic amines is 1. The molecule has 0 aliphatic carbocycles. The Labute approximate surface area is 122 Å². The molecule has 1 aliphatic rings. The minimum Gasteiger partial charge on any atom is -0.370 e. The van der Waals surface area contributed by atoms with Crippen molar-refractivity contribution in [3.63, 3.8) is 0 Å². The van der Waals surface area contributed by atoms with Gasteiger partial charge in [-0.05, 0) is 49.4 Å². The molecular formula is C16H28N2O2. The molecular weight excluding hydrogens is 252 g/mol. The number of pyridine rings is 1. The largest absolute Gasteiger partial charge is 0.370 e. The fourth-order valence-corrected chi connectivity index (χ4v) is 1.18. The van der Waals surface area contributed by atoms with E-state index in [1.807, 2.05) is 53.7 Å². The van der Waals surface area contributed by atoms with Crippen molar-refractivity contribution < 1.29 is 5.11 Å². The van der Waals surface area contributed by atoms with Gasteiger partial charge in [0.1, 0.15) is 6.23 Å². The number of hydrogen-bond acceptors (Lipinski definition) is 3. The molecule has 0 aromatic carbocycles. The summed E-state index contributed by atoms with van der Waals surface area (Å²) in [7, 11) is 0. The number of allylic oxidation sites excluding steroid dienone is 2. The Balaban J connectivity index is 0. The van der Waals surface area contributed by atoms with Crippen molar-refractivity contribution in [2.75, 3.05) is 0 Å². The van der Waals surface area contributed by atoms with Gasteiger partial charge in [0.05, 0.1) is 0 Å². The first-order chi connectivity index (χ1) is 9.58. The van der Waals surface area contributed by atoms with Crippen LogP contribution in [0.15, 0.2) is 47.0 Å². The van der Waals surface area contributed by atoms with Crippen LogP contribution < -0.4 is 10.9 Å². The molecule has 0 spiro atoms. The molecule has 3 N–H and O–H groups in total. The fourth-order valence-electron chi connectivity index (χ4n) is 1.18. The van der Waals surface area contributed by atoms with Crippen LogP contribution in [0.25, 0.3) is 0 Å². The van der Waals surface area contributed by atoms with E-state index in [1.165, 1.54) is 0 Å². The van der Waals surface area contributed by atoms with E-state index in [9.17, 15) is 4.79 Å². The van der Waals surface area contributed by atoms with Gasteiger partial charge in [0.15, 0.2) is 0 Å². The lowest BCUT2D eigenvalue weighted by atomic mass is 10.2. The fraction of sp³-hybridized carbons (Fsp3) is 0.438. The van der Waals surface area contributed by atoms with Crippen molar-refractivity contribution >= 4 is 0 Å². The quantitative estimate of drug-likeness (QED) is 0.684. The molecule has 0 saturated carbocycles. The van der Waals surface area contributed by atoms with Crippen LogP contribution in [0.1, 0.15) is 40.2 Å². The average Bonchev–Trinajstić information content (AvgIpc) is 2.43. The van der Waals surface area contributed by atoms with Crippen LogP contribution in [0.2, 0.25) is 0 Å². The minimum absolute atomic E-state index is 0.0370. The second-order valence-corrected chi connectivity index (χ2v) is 3.59. The third-order valence-corrected chi connectivity index (χ3v) is 1.96. The number of aliphatic hydroxyl groups is 1. The van der Waals surface area contributed by atoms with Crippen molar-refractivity contribution in [1.82, 2.24) is 10.3 Å². The summed E-state index contributed by atoms with van der Waals surface area (Å²) in [5.74, 6) is 0. The highest BCUT2D eigenvalue weighted by atomic mass is 16.3. The summed E-state index contributed by atoms with van der Waals surface area (Å²) in [6.07, 6.45) is 6.55. The molecule has 1 aliphatic heterocycles. The highest BCUT2D eigenvalue weighted by Gasteiger charge is 1.97. The van der Waals surface area contributed by atoms with E-state index in [4.69, 9.17) is 5.11 Å². The van der Waals surface area contributed by atoms with Gasteiger partial charge in [0, 0.05) is 12.3 Å². The van der Waals surface area contributed by atoms with Gasteiger partial charge in [-0.2, -0.15) is 0 Å². The predicted molar refractivity (Wildman–Crippen MR) is 86.5 cm³/mol. The second-order valence-electron chi connectivity index (χ2n) is 3.59. The van der Waals surface area contributed by atoms with E-state index in [2.05, 4.69) is 10.3 Å². The number of hydrogen-bond donors (Lipinski definition) is 3. The maximum absolute atomic E-state index is 10.4. The van der Waals surface area contributed by atoms with E-state index in [0.29, 0.717) is 0 Å². The molecule has 4 heteroatoms. The van der Waals surface area contributed by atoms with Gasteiger partial charge in [-0.25, -0.2) is 0 Å². The van der Waals surface area contributed by atoms with Crippen molar-refractivity contribution in [2.45, 2.75) is 47.8 Å². The highest BCUT2D eigenvalue weighted by molar-refractivity contribution is 5.20. The predicted octanol–water partition coefficient (Wildman–Crippen LogP) is 3.10. The molecule has 114 valence electrons. The number of dihydropyridines is 1. The van der Waals surface area contributed by atoms with Crippen molar-refractivity contribution in [2.24, 2.45) is 0 Å². The molecule has 1 aromatic heterocycles. The third-order valence-electron chi connectivity index (χ3n) is 1.96. The normalized spacial score (nSPS) is 14.9. The SMILES string of the molecule is CC.CC.CC1=CC(O)NC=C1.Cc1cc[nH]c(=O)c1. The summed E-state index contributed by atoms with van der Waals surface area (Å²) in [6.45, 7) is 11.8. The van der Waals surface area contributed by atoms with Gasteiger partial charge in [-0.15, -0.1) is 0 Å². The summed E-state index contributed by atoms with van der Waals surface area (Å²) in [4.78, 5) is 13.0. The number of rotatable bonds is 0. The number of aryl methyl sites for hydroxylation is 1. The van der Waals surface area contributed by atoms with Crippen LogP contribution in [0, 0.1) is 6.92 Å². The van der Waals surface area contributed by atoms with Crippen LogP contribution in [0.4, 0.5) is 0 Å². The molecule has 1 unspecified atom stereocenters. The van der Waals surface area contributed by atoms with Gasteiger partial charge in [0.2, 0.25) is 5.56 Å². The second kappa shape index (κ2) is 13.6. The first-order valence-electron chi connectivity index (χ1n) is 7.02. The lowest BCUT2D eigenvalue weighted by Crippen LogP contribution is -2.23. The molecule has 1 atom stereocenters. The van der Waals surface area contributed by atoms with E-state index in [0.717, 1.165) is 11.1 Å². The Bertz CT molecular complexity index is 448. The smallest absolute Gasteiger partial charge is 0.248 e. The Morgan fingerprint density at radius 2 is 1.75 bits per heavy atom. The molecule has 2 rings (SSSR count). The van der Waals surface area contributed by atoms with Crippen LogP contribution >= 0.6 is 0 Å². The van der Waals surface area contributed by atoms with Crippen LogP contribution in [0.5, 0.6) is 0 Å². The summed E-state index contributed by atoms with van der Waals surface area (Å²) in [6, 6.07) is 3.40. The van der Waals surface area contributed by atoms with E-state index in [1.54, 1.807) is 24.5 Å². The molecule has 4 nitrogen and oxygen atoms in total. The number of nitrogens with one attached hydrogen (secondary N) is 2. The van der Waals surface area contributed by atoms with Crippen molar-refractivity contribution in [1.29, 1.82) is 0 Å². The molecule has 0 radical (unpaired) electrons. The highest BCUT2D eigenvalue weighted by Crippen LogP contribution is 1.99. The number of H-pyrrole nitrogens is 1. The lowest BCUT2D eigenvalue weighted by Gasteiger charge is -2.09. The Hall–Kier alpha value is -1.81. The zero-order chi connectivity index (χ0) is 16.0. The van der Waals surface area contributed by atoms with E-state index in [-0.39, 0.29) is 5.56 Å². The van der Waals surface area contributed by atoms with Crippen molar-refractivity contribution in [3.8, 4) is 0 Å². The van der Waals surface area contributed by atoms with Crippen LogP contribution in [-0.2, 0) is 0 Å². The summed E-state index contributed by atoms with van der Waals surface area (Å²) < 4.78 is 0. The monoisotopic (exact) mass is 280 g/mol. The van der Waals surface area contributed by atoms with Crippen molar-refractivity contribution in [3.05, 3.63) is 58.2 Å². The van der Waals surface area contributed by atoms with Gasteiger partial charge in [0.25, 0.3) is 0 Å². The molecule has 0 bridgehead atoms. The Morgan fingerprint density at radius 3 is 2.05 bits per heavy atom.